The maximum Gasteiger partial charge on any atom is 0.180 e. The van der Waals surface area contributed by atoms with Crippen molar-refractivity contribution in [1.82, 2.24) is 0 Å². The largest absolute Gasteiger partial charge is 0.378 e. The van der Waals surface area contributed by atoms with Gasteiger partial charge in [-0.15, -0.1) is 0 Å². The molecule has 1 aliphatic rings. The highest BCUT2D eigenvalue weighted by Gasteiger charge is 2.14. The van der Waals surface area contributed by atoms with Crippen LogP contribution >= 0.6 is 0 Å². The number of hydrogen-bond donors (Lipinski definition) is 0. The van der Waals surface area contributed by atoms with Crippen molar-refractivity contribution in [3.05, 3.63) is 12.7 Å². The molecule has 0 aromatic heterocycles. The second-order valence-corrected chi connectivity index (χ2v) is 3.85. The molecule has 0 amide bonds. The Bertz CT molecular complexity index is 195. The summed E-state index contributed by atoms with van der Waals surface area (Å²) in [7, 11) is 0. The second-order valence-electron chi connectivity index (χ2n) is 3.85. The van der Waals surface area contributed by atoms with Crippen LogP contribution in [0.2, 0.25) is 0 Å². The molecule has 1 atom stereocenters. The van der Waals surface area contributed by atoms with Crippen LogP contribution in [-0.4, -0.2) is 31.7 Å². The quantitative estimate of drug-likeness (QED) is 0.456. The Morgan fingerprint density at radius 3 is 3.07 bits per heavy atom. The average molecular weight is 212 g/mol. The molecule has 86 valence electrons. The van der Waals surface area contributed by atoms with E-state index in [-0.39, 0.29) is 12.4 Å². The molecule has 1 rings (SSSR count). The molecule has 0 N–H and O–H groups in total. The number of carbonyl (C=O) groups excluding carboxylic acids is 1. The third kappa shape index (κ3) is 5.70. The second kappa shape index (κ2) is 7.60. The van der Waals surface area contributed by atoms with E-state index in [0.29, 0.717) is 12.7 Å². The van der Waals surface area contributed by atoms with Crippen molar-refractivity contribution in [2.24, 2.45) is 0 Å². The van der Waals surface area contributed by atoms with E-state index in [1.54, 1.807) is 0 Å². The van der Waals surface area contributed by atoms with Gasteiger partial charge >= 0.3 is 0 Å². The molecule has 1 aliphatic heterocycles. The molecule has 0 saturated carbocycles. The highest BCUT2D eigenvalue weighted by atomic mass is 16.5. The molecule has 0 aromatic carbocycles. The van der Waals surface area contributed by atoms with Crippen LogP contribution in [0.3, 0.4) is 0 Å². The van der Waals surface area contributed by atoms with E-state index in [2.05, 4.69) is 6.58 Å². The lowest BCUT2D eigenvalue weighted by Gasteiger charge is -2.08. The minimum absolute atomic E-state index is 0.0471. The average Bonchev–Trinajstić information content (AvgIpc) is 2.75. The zero-order valence-corrected chi connectivity index (χ0v) is 9.24. The number of ketones is 1. The highest BCUT2D eigenvalue weighted by molar-refractivity contribution is 5.90. The van der Waals surface area contributed by atoms with Crippen molar-refractivity contribution in [2.45, 2.75) is 38.2 Å². The molecular weight excluding hydrogens is 192 g/mol. The fourth-order valence-corrected chi connectivity index (χ4v) is 1.68. The molecule has 1 saturated heterocycles. The van der Waals surface area contributed by atoms with E-state index in [1.165, 1.54) is 18.9 Å². The standard InChI is InChI=1S/C12H20O3/c1-2-11(13)10-14-8-4-3-6-12-7-5-9-15-12/h2,12H,1,3-10H2. The lowest BCUT2D eigenvalue weighted by Crippen LogP contribution is -2.08. The lowest BCUT2D eigenvalue weighted by molar-refractivity contribution is -0.118. The Morgan fingerprint density at radius 2 is 2.40 bits per heavy atom. The lowest BCUT2D eigenvalue weighted by atomic mass is 10.1. The summed E-state index contributed by atoms with van der Waals surface area (Å²) in [5.41, 5.74) is 0. The Kier molecular flexibility index (Phi) is 6.28. The van der Waals surface area contributed by atoms with Crippen molar-refractivity contribution >= 4 is 5.78 Å². The van der Waals surface area contributed by atoms with E-state index in [1.807, 2.05) is 0 Å². The third-order valence-electron chi connectivity index (χ3n) is 2.56. The smallest absolute Gasteiger partial charge is 0.180 e. The summed E-state index contributed by atoms with van der Waals surface area (Å²) in [5.74, 6) is -0.0471. The predicted octanol–water partition coefficient (Wildman–Crippen LogP) is 2.11. The van der Waals surface area contributed by atoms with Crippen LogP contribution in [0.5, 0.6) is 0 Å². The van der Waals surface area contributed by atoms with Crippen molar-refractivity contribution in [1.29, 1.82) is 0 Å². The normalized spacial score (nSPS) is 20.4. The molecule has 0 aromatic rings. The first-order valence-electron chi connectivity index (χ1n) is 5.67. The van der Waals surface area contributed by atoms with Crippen LogP contribution in [0.1, 0.15) is 32.1 Å². The van der Waals surface area contributed by atoms with Gasteiger partial charge in [0.2, 0.25) is 0 Å². The minimum atomic E-state index is -0.0471. The summed E-state index contributed by atoms with van der Waals surface area (Å²) in [6.07, 6.45) is 7.42. The van der Waals surface area contributed by atoms with Gasteiger partial charge < -0.3 is 9.47 Å². The van der Waals surface area contributed by atoms with Crippen LogP contribution < -0.4 is 0 Å². The number of hydrogen-bond acceptors (Lipinski definition) is 3. The van der Waals surface area contributed by atoms with Crippen molar-refractivity contribution in [2.75, 3.05) is 19.8 Å². The Hall–Kier alpha value is -0.670. The summed E-state index contributed by atoms with van der Waals surface area (Å²) in [6, 6.07) is 0. The molecule has 1 heterocycles. The van der Waals surface area contributed by atoms with E-state index < -0.39 is 0 Å². The topological polar surface area (TPSA) is 35.5 Å². The molecule has 1 fully saturated rings. The Balaban J connectivity index is 1.84. The van der Waals surface area contributed by atoms with Gasteiger partial charge in [-0.25, -0.2) is 0 Å². The van der Waals surface area contributed by atoms with Gasteiger partial charge in [0.25, 0.3) is 0 Å². The van der Waals surface area contributed by atoms with Gasteiger partial charge in [-0.2, -0.15) is 0 Å². The van der Waals surface area contributed by atoms with Gasteiger partial charge in [0, 0.05) is 13.2 Å². The van der Waals surface area contributed by atoms with Gasteiger partial charge in [0.05, 0.1) is 6.10 Å². The van der Waals surface area contributed by atoms with E-state index >= 15 is 0 Å². The predicted molar refractivity (Wildman–Crippen MR) is 58.8 cm³/mol. The zero-order valence-electron chi connectivity index (χ0n) is 9.24. The molecule has 1 unspecified atom stereocenters. The molecular formula is C12H20O3. The monoisotopic (exact) mass is 212 g/mol. The van der Waals surface area contributed by atoms with Crippen molar-refractivity contribution < 1.29 is 14.3 Å². The molecule has 15 heavy (non-hydrogen) atoms. The van der Waals surface area contributed by atoms with Crippen molar-refractivity contribution in [3.8, 4) is 0 Å². The number of unbranched alkanes of at least 4 members (excludes halogenated alkanes) is 1. The maximum atomic E-state index is 10.8. The van der Waals surface area contributed by atoms with Gasteiger partial charge in [-0.3, -0.25) is 4.79 Å². The first kappa shape index (κ1) is 12.4. The Labute approximate surface area is 91.4 Å². The number of rotatable bonds is 8. The summed E-state index contributed by atoms with van der Waals surface area (Å²) >= 11 is 0. The van der Waals surface area contributed by atoms with E-state index in [4.69, 9.17) is 9.47 Å². The minimum Gasteiger partial charge on any atom is -0.378 e. The van der Waals surface area contributed by atoms with E-state index in [0.717, 1.165) is 25.9 Å². The van der Waals surface area contributed by atoms with Gasteiger partial charge in [0.1, 0.15) is 6.61 Å². The van der Waals surface area contributed by atoms with Crippen LogP contribution in [0.4, 0.5) is 0 Å². The fourth-order valence-electron chi connectivity index (χ4n) is 1.68. The summed E-state index contributed by atoms with van der Waals surface area (Å²) in [4.78, 5) is 10.8. The zero-order chi connectivity index (χ0) is 10.9. The highest BCUT2D eigenvalue weighted by Crippen LogP contribution is 2.17. The summed E-state index contributed by atoms with van der Waals surface area (Å²) in [6.45, 7) is 5.14. The Morgan fingerprint density at radius 1 is 1.53 bits per heavy atom. The molecule has 3 heteroatoms. The van der Waals surface area contributed by atoms with Gasteiger partial charge in [-0.1, -0.05) is 6.58 Å². The van der Waals surface area contributed by atoms with Gasteiger partial charge in [-0.05, 0) is 38.2 Å². The number of ether oxygens (including phenoxy) is 2. The molecule has 0 radical (unpaired) electrons. The molecule has 0 bridgehead atoms. The van der Waals surface area contributed by atoms with Gasteiger partial charge in [0.15, 0.2) is 5.78 Å². The molecule has 0 aliphatic carbocycles. The van der Waals surface area contributed by atoms with Crippen LogP contribution in [0, 0.1) is 0 Å². The van der Waals surface area contributed by atoms with Crippen LogP contribution in [0.25, 0.3) is 0 Å². The summed E-state index contributed by atoms with van der Waals surface area (Å²) in [5, 5.41) is 0. The van der Waals surface area contributed by atoms with Crippen LogP contribution in [0.15, 0.2) is 12.7 Å². The van der Waals surface area contributed by atoms with Crippen molar-refractivity contribution in [3.63, 3.8) is 0 Å². The third-order valence-corrected chi connectivity index (χ3v) is 2.56. The molecule has 0 spiro atoms. The SMILES string of the molecule is C=CC(=O)COCCCCC1CCCO1. The van der Waals surface area contributed by atoms with Crippen LogP contribution in [-0.2, 0) is 14.3 Å². The molecule has 3 nitrogen and oxygen atoms in total. The first-order chi connectivity index (χ1) is 7.33. The first-order valence-corrected chi connectivity index (χ1v) is 5.67. The summed E-state index contributed by atoms with van der Waals surface area (Å²) < 4.78 is 10.7. The van der Waals surface area contributed by atoms with E-state index in [9.17, 15) is 4.79 Å². The maximum absolute atomic E-state index is 10.8. The number of carbonyl (C=O) groups is 1. The fraction of sp³-hybridized carbons (Fsp3) is 0.750.